The molecule has 0 spiro atoms. The van der Waals surface area contributed by atoms with Gasteiger partial charge in [0.25, 0.3) is 10.0 Å². The number of hydrogen-bond acceptors (Lipinski definition) is 6. The molecule has 2 heterocycles. The van der Waals surface area contributed by atoms with Crippen LogP contribution in [0.25, 0.3) is 0 Å². The highest BCUT2D eigenvalue weighted by Crippen LogP contribution is 2.18. The first-order chi connectivity index (χ1) is 12.7. The standard InChI is InChI=1S/C17H24N4O5S/c1-12(9-15(18)23)10-16(24)20-13-5-4-8-21(11-14(13)22)27(25,26)17-6-2-3-7-19-17/h2-3,6-7,12-13H,4-5,8-11H2,1H3,(H2,18,23)(H,20,24)/t12-,13-/m0/s1. The Balaban J connectivity index is 2.00. The van der Waals surface area contributed by atoms with Gasteiger partial charge in [-0.3, -0.25) is 14.4 Å². The number of carbonyl (C=O) groups is 3. The molecule has 1 fully saturated rings. The fraction of sp³-hybridized carbons (Fsp3) is 0.529. The topological polar surface area (TPSA) is 140 Å². The predicted octanol–water partition coefficient (Wildman–Crippen LogP) is -0.178. The molecule has 0 saturated carbocycles. The second kappa shape index (κ2) is 9.05. The zero-order valence-electron chi connectivity index (χ0n) is 15.1. The molecular formula is C17H24N4O5S. The number of hydrogen-bond donors (Lipinski definition) is 2. The maximum atomic E-state index is 12.6. The van der Waals surface area contributed by atoms with Crippen LogP contribution in [0.1, 0.15) is 32.6 Å². The van der Waals surface area contributed by atoms with Crippen LogP contribution in [0.2, 0.25) is 0 Å². The van der Waals surface area contributed by atoms with Crippen molar-refractivity contribution in [3.05, 3.63) is 24.4 Å². The van der Waals surface area contributed by atoms with E-state index in [2.05, 4.69) is 10.3 Å². The largest absolute Gasteiger partial charge is 0.370 e. The molecule has 2 rings (SSSR count). The molecule has 0 unspecified atom stereocenters. The molecule has 3 N–H and O–H groups in total. The second-order valence-electron chi connectivity index (χ2n) is 6.71. The maximum absolute atomic E-state index is 12.6. The van der Waals surface area contributed by atoms with Crippen molar-refractivity contribution in [2.24, 2.45) is 11.7 Å². The average Bonchev–Trinajstić information content (AvgIpc) is 2.77. The minimum atomic E-state index is -3.87. The highest BCUT2D eigenvalue weighted by molar-refractivity contribution is 7.89. The van der Waals surface area contributed by atoms with E-state index in [1.807, 2.05) is 0 Å². The first-order valence-electron chi connectivity index (χ1n) is 8.71. The number of amides is 2. The lowest BCUT2D eigenvalue weighted by Gasteiger charge is -2.19. The molecule has 1 aliphatic heterocycles. The van der Waals surface area contributed by atoms with Gasteiger partial charge in [-0.1, -0.05) is 13.0 Å². The van der Waals surface area contributed by atoms with Gasteiger partial charge >= 0.3 is 0 Å². The monoisotopic (exact) mass is 396 g/mol. The Labute approximate surface area is 158 Å². The first-order valence-corrected chi connectivity index (χ1v) is 10.2. The van der Waals surface area contributed by atoms with Crippen LogP contribution in [-0.2, 0) is 24.4 Å². The summed E-state index contributed by atoms with van der Waals surface area (Å²) < 4.78 is 26.4. The molecule has 0 radical (unpaired) electrons. The normalized spacial score (nSPS) is 19.9. The highest BCUT2D eigenvalue weighted by atomic mass is 32.2. The summed E-state index contributed by atoms with van der Waals surface area (Å²) >= 11 is 0. The maximum Gasteiger partial charge on any atom is 0.260 e. The number of pyridine rings is 1. The van der Waals surface area contributed by atoms with Crippen molar-refractivity contribution in [3.8, 4) is 0 Å². The van der Waals surface area contributed by atoms with Crippen LogP contribution in [0.15, 0.2) is 29.4 Å². The summed E-state index contributed by atoms with van der Waals surface area (Å²) in [6, 6.07) is 3.80. The number of nitrogens with two attached hydrogens (primary N) is 1. The number of nitrogens with zero attached hydrogens (tertiary/aromatic N) is 2. The van der Waals surface area contributed by atoms with E-state index >= 15 is 0 Å². The molecule has 1 aromatic heterocycles. The van der Waals surface area contributed by atoms with Crippen molar-refractivity contribution in [1.29, 1.82) is 0 Å². The third-order valence-electron chi connectivity index (χ3n) is 4.28. The Morgan fingerprint density at radius 2 is 2.11 bits per heavy atom. The molecule has 0 bridgehead atoms. The number of ketones is 1. The molecule has 1 saturated heterocycles. The van der Waals surface area contributed by atoms with Crippen molar-refractivity contribution in [3.63, 3.8) is 0 Å². The van der Waals surface area contributed by atoms with E-state index in [9.17, 15) is 22.8 Å². The zero-order chi connectivity index (χ0) is 20.0. The van der Waals surface area contributed by atoms with Crippen LogP contribution >= 0.6 is 0 Å². The van der Waals surface area contributed by atoms with Gasteiger partial charge in [-0.15, -0.1) is 0 Å². The van der Waals surface area contributed by atoms with E-state index in [4.69, 9.17) is 5.73 Å². The summed E-state index contributed by atoms with van der Waals surface area (Å²) in [7, 11) is -3.87. The summed E-state index contributed by atoms with van der Waals surface area (Å²) in [6.45, 7) is 1.58. The van der Waals surface area contributed by atoms with Gasteiger partial charge in [-0.25, -0.2) is 13.4 Å². The van der Waals surface area contributed by atoms with E-state index in [1.54, 1.807) is 19.1 Å². The first kappa shape index (κ1) is 21.0. The minimum Gasteiger partial charge on any atom is -0.370 e. The number of Topliss-reactive ketones (excluding diaryl/α,β-unsaturated/α-hetero) is 1. The fourth-order valence-electron chi connectivity index (χ4n) is 2.97. The number of rotatable bonds is 7. The molecule has 0 aliphatic carbocycles. The summed E-state index contributed by atoms with van der Waals surface area (Å²) in [5.74, 6) is -1.45. The van der Waals surface area contributed by atoms with Gasteiger partial charge in [-0.2, -0.15) is 4.31 Å². The van der Waals surface area contributed by atoms with Crippen LogP contribution in [-0.4, -0.2) is 54.4 Å². The van der Waals surface area contributed by atoms with Crippen LogP contribution < -0.4 is 11.1 Å². The second-order valence-corrected chi connectivity index (χ2v) is 8.60. The molecule has 0 aromatic carbocycles. The summed E-state index contributed by atoms with van der Waals surface area (Å²) in [5, 5.41) is 2.54. The predicted molar refractivity (Wildman–Crippen MR) is 96.8 cm³/mol. The number of sulfonamides is 1. The Morgan fingerprint density at radius 3 is 2.74 bits per heavy atom. The third-order valence-corrected chi connectivity index (χ3v) is 6.04. The molecule has 1 aromatic rings. The molecule has 148 valence electrons. The Morgan fingerprint density at radius 1 is 1.37 bits per heavy atom. The molecule has 10 heteroatoms. The van der Waals surface area contributed by atoms with Crippen molar-refractivity contribution >= 4 is 27.6 Å². The van der Waals surface area contributed by atoms with Crippen molar-refractivity contribution in [1.82, 2.24) is 14.6 Å². The van der Waals surface area contributed by atoms with E-state index in [1.165, 1.54) is 12.3 Å². The van der Waals surface area contributed by atoms with Gasteiger partial charge in [0, 0.05) is 25.6 Å². The van der Waals surface area contributed by atoms with Crippen LogP contribution in [0.5, 0.6) is 0 Å². The quantitative estimate of drug-likeness (QED) is 0.655. The molecule has 2 atom stereocenters. The molecular weight excluding hydrogens is 372 g/mol. The van der Waals surface area contributed by atoms with Gasteiger partial charge < -0.3 is 11.1 Å². The summed E-state index contributed by atoms with van der Waals surface area (Å²) in [5.41, 5.74) is 5.11. The fourth-order valence-corrected chi connectivity index (χ4v) is 4.35. The number of aromatic nitrogens is 1. The van der Waals surface area contributed by atoms with Crippen molar-refractivity contribution < 1.29 is 22.8 Å². The van der Waals surface area contributed by atoms with Crippen LogP contribution in [0, 0.1) is 5.92 Å². The van der Waals surface area contributed by atoms with Crippen LogP contribution in [0.3, 0.4) is 0 Å². The smallest absolute Gasteiger partial charge is 0.260 e. The Bertz CT molecular complexity index is 797. The van der Waals surface area contributed by atoms with Crippen molar-refractivity contribution in [2.45, 2.75) is 43.7 Å². The summed E-state index contributed by atoms with van der Waals surface area (Å²) in [4.78, 5) is 39.3. The lowest BCUT2D eigenvalue weighted by atomic mass is 10.0. The van der Waals surface area contributed by atoms with Gasteiger partial charge in [0.05, 0.1) is 12.6 Å². The minimum absolute atomic E-state index is 0.0721. The lowest BCUT2D eigenvalue weighted by Crippen LogP contribution is -2.44. The molecule has 9 nitrogen and oxygen atoms in total. The van der Waals surface area contributed by atoms with E-state index in [0.717, 1.165) is 4.31 Å². The van der Waals surface area contributed by atoms with Gasteiger partial charge in [-0.05, 0) is 30.9 Å². The average molecular weight is 396 g/mol. The Kier molecular flexibility index (Phi) is 7.03. The molecule has 2 amide bonds. The van der Waals surface area contributed by atoms with E-state index in [-0.39, 0.29) is 48.6 Å². The van der Waals surface area contributed by atoms with Crippen LogP contribution in [0.4, 0.5) is 0 Å². The van der Waals surface area contributed by atoms with Crippen molar-refractivity contribution in [2.75, 3.05) is 13.1 Å². The van der Waals surface area contributed by atoms with E-state index in [0.29, 0.717) is 12.8 Å². The lowest BCUT2D eigenvalue weighted by molar-refractivity contribution is -0.128. The molecule has 1 aliphatic rings. The number of carbonyl (C=O) groups excluding carboxylic acids is 3. The summed E-state index contributed by atoms with van der Waals surface area (Å²) in [6.07, 6.45) is 2.32. The number of primary amides is 1. The van der Waals surface area contributed by atoms with Gasteiger partial charge in [0.15, 0.2) is 10.8 Å². The third kappa shape index (κ3) is 5.83. The van der Waals surface area contributed by atoms with Gasteiger partial charge in [0.2, 0.25) is 11.8 Å². The molecule has 27 heavy (non-hydrogen) atoms. The van der Waals surface area contributed by atoms with Gasteiger partial charge in [0.1, 0.15) is 0 Å². The highest BCUT2D eigenvalue weighted by Gasteiger charge is 2.33. The Hall–Kier alpha value is -2.33. The van der Waals surface area contributed by atoms with E-state index < -0.39 is 22.0 Å². The SMILES string of the molecule is C[C@@H](CC(N)=O)CC(=O)N[C@H]1CCCN(S(=O)(=O)c2ccccn2)CC1=O. The number of nitrogens with one attached hydrogen (secondary N) is 1. The zero-order valence-corrected chi connectivity index (χ0v) is 15.9.